The fourth-order valence-electron chi connectivity index (χ4n) is 2.55. The fraction of sp³-hybridized carbons (Fsp3) is 0.750. The normalized spacial score (nSPS) is 19.9. The Hall–Kier alpha value is -0.780. The zero-order valence-electron chi connectivity index (χ0n) is 11.6. The molecule has 0 bridgehead atoms. The largest absolute Gasteiger partial charge is 0.481 e. The van der Waals surface area contributed by atoms with Crippen molar-refractivity contribution in [2.75, 3.05) is 27.2 Å². The van der Waals surface area contributed by atoms with Gasteiger partial charge in [-0.1, -0.05) is 0 Å². The summed E-state index contributed by atoms with van der Waals surface area (Å²) in [5.41, 5.74) is 2.28. The highest BCUT2D eigenvalue weighted by atomic mass is 35.5. The number of aromatic nitrogens is 2. The zero-order valence-corrected chi connectivity index (χ0v) is 12.4. The summed E-state index contributed by atoms with van der Waals surface area (Å²) in [6.07, 6.45) is 1.22. The number of hydrogen-bond donors (Lipinski definition) is 1. The van der Waals surface area contributed by atoms with Gasteiger partial charge < -0.3 is 10.1 Å². The number of likely N-dealkylation sites (N-methyl/N-ethyl adjacent to an activating group) is 1. The summed E-state index contributed by atoms with van der Waals surface area (Å²) in [6.45, 7) is 5.22. The van der Waals surface area contributed by atoms with E-state index in [-0.39, 0.29) is 12.4 Å². The molecule has 1 aliphatic rings. The first-order valence-electron chi connectivity index (χ1n) is 6.11. The van der Waals surface area contributed by atoms with Gasteiger partial charge in [-0.15, -0.1) is 12.4 Å². The predicted octanol–water partition coefficient (Wildman–Crippen LogP) is 0.953. The van der Waals surface area contributed by atoms with Crippen LogP contribution in [-0.2, 0) is 13.6 Å². The Morgan fingerprint density at radius 3 is 2.78 bits per heavy atom. The van der Waals surface area contributed by atoms with Crippen molar-refractivity contribution in [1.29, 1.82) is 0 Å². The van der Waals surface area contributed by atoms with E-state index in [1.165, 1.54) is 12.0 Å². The molecule has 0 aromatic carbocycles. The number of hydrogen-bond acceptors (Lipinski definition) is 4. The Labute approximate surface area is 115 Å². The molecule has 0 aliphatic carbocycles. The van der Waals surface area contributed by atoms with E-state index in [9.17, 15) is 0 Å². The predicted molar refractivity (Wildman–Crippen MR) is 74.5 cm³/mol. The summed E-state index contributed by atoms with van der Waals surface area (Å²) in [5, 5.41) is 7.75. The summed E-state index contributed by atoms with van der Waals surface area (Å²) >= 11 is 0. The van der Waals surface area contributed by atoms with Crippen molar-refractivity contribution in [1.82, 2.24) is 20.0 Å². The third kappa shape index (κ3) is 2.96. The van der Waals surface area contributed by atoms with Gasteiger partial charge in [0, 0.05) is 32.7 Å². The zero-order chi connectivity index (χ0) is 12.4. The topological polar surface area (TPSA) is 42.3 Å². The molecule has 1 aromatic heterocycles. The quantitative estimate of drug-likeness (QED) is 0.888. The molecule has 104 valence electrons. The Balaban J connectivity index is 0.00000162. The van der Waals surface area contributed by atoms with Crippen LogP contribution in [0.1, 0.15) is 17.7 Å². The van der Waals surface area contributed by atoms with E-state index >= 15 is 0 Å². The van der Waals surface area contributed by atoms with Gasteiger partial charge in [0.15, 0.2) is 0 Å². The summed E-state index contributed by atoms with van der Waals surface area (Å²) in [6, 6.07) is 0.623. The van der Waals surface area contributed by atoms with Gasteiger partial charge in [0.1, 0.15) is 0 Å². The van der Waals surface area contributed by atoms with Gasteiger partial charge in [-0.3, -0.25) is 4.90 Å². The molecule has 0 amide bonds. The van der Waals surface area contributed by atoms with Gasteiger partial charge in [0.05, 0.1) is 18.4 Å². The lowest BCUT2D eigenvalue weighted by Gasteiger charge is -2.16. The van der Waals surface area contributed by atoms with Crippen molar-refractivity contribution in [3.63, 3.8) is 0 Å². The van der Waals surface area contributed by atoms with E-state index in [0.29, 0.717) is 6.04 Å². The SMILES string of the molecule is CNC1CCN(Cc2c(C)nn(C)c2OC)C1.Cl. The van der Waals surface area contributed by atoms with Gasteiger partial charge in [-0.25, -0.2) is 4.68 Å². The summed E-state index contributed by atoms with van der Waals surface area (Å²) in [7, 11) is 5.67. The smallest absolute Gasteiger partial charge is 0.216 e. The molecule has 2 rings (SSSR count). The van der Waals surface area contributed by atoms with Gasteiger partial charge in [0.25, 0.3) is 0 Å². The molecular weight excluding hydrogens is 252 g/mol. The van der Waals surface area contributed by atoms with Gasteiger partial charge in [0.2, 0.25) is 5.88 Å². The molecule has 1 N–H and O–H groups in total. The van der Waals surface area contributed by atoms with Gasteiger partial charge in [-0.05, 0) is 20.4 Å². The fourth-order valence-corrected chi connectivity index (χ4v) is 2.55. The first-order valence-corrected chi connectivity index (χ1v) is 6.11. The maximum absolute atomic E-state index is 5.42. The van der Waals surface area contributed by atoms with E-state index in [1.807, 2.05) is 25.7 Å². The van der Waals surface area contributed by atoms with Crippen LogP contribution in [0.2, 0.25) is 0 Å². The van der Waals surface area contributed by atoms with E-state index < -0.39 is 0 Å². The second-order valence-electron chi connectivity index (χ2n) is 4.71. The lowest BCUT2D eigenvalue weighted by atomic mass is 10.2. The Morgan fingerprint density at radius 2 is 2.22 bits per heavy atom. The van der Waals surface area contributed by atoms with Crippen LogP contribution in [0.5, 0.6) is 5.88 Å². The molecule has 1 aromatic rings. The summed E-state index contributed by atoms with van der Waals surface area (Å²) < 4.78 is 7.23. The molecule has 5 nitrogen and oxygen atoms in total. The number of halogens is 1. The average Bonchev–Trinajstić information content (AvgIpc) is 2.85. The lowest BCUT2D eigenvalue weighted by Crippen LogP contribution is -2.29. The summed E-state index contributed by atoms with van der Waals surface area (Å²) in [4.78, 5) is 2.45. The monoisotopic (exact) mass is 274 g/mol. The number of aryl methyl sites for hydroxylation is 2. The highest BCUT2D eigenvalue weighted by Gasteiger charge is 2.24. The van der Waals surface area contributed by atoms with E-state index in [2.05, 4.69) is 15.3 Å². The van der Waals surface area contributed by atoms with Crippen LogP contribution in [0.15, 0.2) is 0 Å². The van der Waals surface area contributed by atoms with Crippen LogP contribution >= 0.6 is 12.4 Å². The number of nitrogens with zero attached hydrogens (tertiary/aromatic N) is 3. The van der Waals surface area contributed by atoms with Crippen molar-refractivity contribution in [3.05, 3.63) is 11.3 Å². The number of nitrogens with one attached hydrogen (secondary N) is 1. The second-order valence-corrected chi connectivity index (χ2v) is 4.71. The van der Waals surface area contributed by atoms with Crippen LogP contribution in [0.3, 0.4) is 0 Å². The second kappa shape index (κ2) is 6.41. The molecular formula is C12H23ClN4O. The average molecular weight is 275 g/mol. The molecule has 6 heteroatoms. The van der Waals surface area contributed by atoms with Crippen molar-refractivity contribution < 1.29 is 4.74 Å². The van der Waals surface area contributed by atoms with E-state index in [1.54, 1.807) is 7.11 Å². The van der Waals surface area contributed by atoms with Crippen LogP contribution < -0.4 is 10.1 Å². The van der Waals surface area contributed by atoms with Gasteiger partial charge >= 0.3 is 0 Å². The number of methoxy groups -OCH3 is 1. The first kappa shape index (κ1) is 15.3. The van der Waals surface area contributed by atoms with E-state index in [0.717, 1.165) is 31.2 Å². The Bertz CT molecular complexity index is 394. The Kier molecular flexibility index (Phi) is 5.44. The third-order valence-corrected chi connectivity index (χ3v) is 3.54. The molecule has 1 unspecified atom stereocenters. The van der Waals surface area contributed by atoms with Crippen LogP contribution in [0.25, 0.3) is 0 Å². The maximum atomic E-state index is 5.42. The van der Waals surface area contributed by atoms with Gasteiger partial charge in [-0.2, -0.15) is 5.10 Å². The number of likely N-dealkylation sites (tertiary alicyclic amines) is 1. The number of ether oxygens (including phenoxy) is 1. The molecule has 0 radical (unpaired) electrons. The molecule has 0 saturated carbocycles. The summed E-state index contributed by atoms with van der Waals surface area (Å²) in [5.74, 6) is 0.885. The highest BCUT2D eigenvalue weighted by molar-refractivity contribution is 5.85. The third-order valence-electron chi connectivity index (χ3n) is 3.54. The molecule has 18 heavy (non-hydrogen) atoms. The molecule has 1 atom stereocenters. The highest BCUT2D eigenvalue weighted by Crippen LogP contribution is 2.24. The van der Waals surface area contributed by atoms with Crippen molar-refractivity contribution in [3.8, 4) is 5.88 Å². The minimum absolute atomic E-state index is 0. The maximum Gasteiger partial charge on any atom is 0.216 e. The molecule has 2 heterocycles. The molecule has 1 saturated heterocycles. The first-order chi connectivity index (χ1) is 8.15. The van der Waals surface area contributed by atoms with Crippen LogP contribution in [0, 0.1) is 6.92 Å². The minimum atomic E-state index is 0. The standard InChI is InChI=1S/C12H22N4O.ClH/c1-9-11(12(17-4)15(3)14-9)8-16-6-5-10(7-16)13-2;/h10,13H,5-8H2,1-4H3;1H. The molecule has 0 spiro atoms. The van der Waals surface area contributed by atoms with Crippen molar-refractivity contribution in [2.24, 2.45) is 7.05 Å². The minimum Gasteiger partial charge on any atom is -0.481 e. The molecule has 1 aliphatic heterocycles. The lowest BCUT2D eigenvalue weighted by molar-refractivity contribution is 0.308. The van der Waals surface area contributed by atoms with Crippen molar-refractivity contribution >= 4 is 12.4 Å². The van der Waals surface area contributed by atoms with Crippen molar-refractivity contribution in [2.45, 2.75) is 25.9 Å². The van der Waals surface area contributed by atoms with Crippen LogP contribution in [0.4, 0.5) is 0 Å². The van der Waals surface area contributed by atoms with Crippen LogP contribution in [-0.4, -0.2) is 48.0 Å². The van der Waals surface area contributed by atoms with E-state index in [4.69, 9.17) is 4.74 Å². The Morgan fingerprint density at radius 1 is 1.50 bits per heavy atom. The number of rotatable bonds is 4. The molecule has 1 fully saturated rings.